The normalized spacial score (nSPS) is 16.5. The Hall–Kier alpha value is -3.25. The third-order valence-electron chi connectivity index (χ3n) is 4.68. The molecule has 3 aromatic rings. The molecule has 1 fully saturated rings. The van der Waals surface area contributed by atoms with Crippen LogP contribution < -0.4 is 10.0 Å². The Morgan fingerprint density at radius 1 is 0.724 bits per heavy atom. The molecule has 1 aliphatic rings. The SMILES string of the molecule is O=C1C(SCCc2ccccc2)C(=O)N(c2ccc(O)cc2)N1c1ccccc1. The molecule has 0 spiro atoms. The van der Waals surface area contributed by atoms with Crippen molar-refractivity contribution in [3.63, 3.8) is 0 Å². The van der Waals surface area contributed by atoms with Gasteiger partial charge < -0.3 is 5.11 Å². The maximum absolute atomic E-state index is 13.2. The van der Waals surface area contributed by atoms with E-state index >= 15 is 0 Å². The van der Waals surface area contributed by atoms with Gasteiger partial charge in [0, 0.05) is 0 Å². The predicted octanol–water partition coefficient (Wildman–Crippen LogP) is 4.03. The van der Waals surface area contributed by atoms with E-state index in [4.69, 9.17) is 0 Å². The molecule has 29 heavy (non-hydrogen) atoms. The average Bonchev–Trinajstić information content (AvgIpc) is 3.00. The second-order valence-electron chi connectivity index (χ2n) is 6.64. The minimum atomic E-state index is -0.798. The molecule has 1 saturated heterocycles. The van der Waals surface area contributed by atoms with Crippen molar-refractivity contribution in [1.29, 1.82) is 0 Å². The summed E-state index contributed by atoms with van der Waals surface area (Å²) >= 11 is 1.36. The van der Waals surface area contributed by atoms with Gasteiger partial charge >= 0.3 is 0 Å². The fourth-order valence-electron chi connectivity index (χ4n) is 3.26. The van der Waals surface area contributed by atoms with E-state index < -0.39 is 5.25 Å². The third kappa shape index (κ3) is 3.98. The molecule has 0 bridgehead atoms. The number of para-hydroxylation sites is 1. The van der Waals surface area contributed by atoms with Crippen LogP contribution in [0, 0.1) is 0 Å². The smallest absolute Gasteiger partial charge is 0.269 e. The average molecular weight is 404 g/mol. The number of carbonyl (C=O) groups excluding carboxylic acids is 2. The number of amides is 2. The Labute approximate surface area is 173 Å². The molecule has 4 rings (SSSR count). The summed E-state index contributed by atoms with van der Waals surface area (Å²) in [5, 5.41) is 11.6. The summed E-state index contributed by atoms with van der Waals surface area (Å²) < 4.78 is 0. The zero-order valence-electron chi connectivity index (χ0n) is 15.6. The van der Waals surface area contributed by atoms with Gasteiger partial charge in [-0.25, -0.2) is 10.0 Å². The summed E-state index contributed by atoms with van der Waals surface area (Å²) in [5.41, 5.74) is 2.34. The first-order chi connectivity index (χ1) is 14.1. The van der Waals surface area contributed by atoms with Crippen LogP contribution in [-0.2, 0) is 16.0 Å². The number of aromatic hydroxyl groups is 1. The van der Waals surface area contributed by atoms with Crippen molar-refractivity contribution in [3.8, 4) is 5.75 Å². The van der Waals surface area contributed by atoms with Crippen LogP contribution in [0.4, 0.5) is 11.4 Å². The largest absolute Gasteiger partial charge is 0.508 e. The van der Waals surface area contributed by atoms with Crippen molar-refractivity contribution in [3.05, 3.63) is 90.5 Å². The van der Waals surface area contributed by atoms with Gasteiger partial charge in [0.25, 0.3) is 11.8 Å². The predicted molar refractivity (Wildman–Crippen MR) is 116 cm³/mol. The molecular formula is C23H20N2O3S. The summed E-state index contributed by atoms with van der Waals surface area (Å²) in [7, 11) is 0. The molecule has 0 aliphatic carbocycles. The lowest BCUT2D eigenvalue weighted by atomic mass is 10.2. The molecule has 2 amide bonds. The Morgan fingerprint density at radius 3 is 1.83 bits per heavy atom. The molecule has 0 saturated carbocycles. The highest BCUT2D eigenvalue weighted by Gasteiger charge is 2.47. The molecule has 1 atom stereocenters. The van der Waals surface area contributed by atoms with Gasteiger partial charge in [0.15, 0.2) is 5.25 Å². The highest BCUT2D eigenvalue weighted by Crippen LogP contribution is 2.34. The van der Waals surface area contributed by atoms with Gasteiger partial charge in [0.05, 0.1) is 11.4 Å². The van der Waals surface area contributed by atoms with Gasteiger partial charge in [-0.3, -0.25) is 9.59 Å². The van der Waals surface area contributed by atoms with E-state index in [1.54, 1.807) is 24.3 Å². The lowest BCUT2D eigenvalue weighted by molar-refractivity contribution is -0.120. The maximum Gasteiger partial charge on any atom is 0.269 e. The lowest BCUT2D eigenvalue weighted by Crippen LogP contribution is -2.41. The van der Waals surface area contributed by atoms with Gasteiger partial charge in [-0.1, -0.05) is 48.5 Å². The molecular weight excluding hydrogens is 384 g/mol. The van der Waals surface area contributed by atoms with Crippen LogP contribution in [0.2, 0.25) is 0 Å². The topological polar surface area (TPSA) is 60.9 Å². The molecule has 1 unspecified atom stereocenters. The number of aryl methyl sites for hydroxylation is 1. The minimum Gasteiger partial charge on any atom is -0.508 e. The van der Waals surface area contributed by atoms with Gasteiger partial charge in [-0.15, -0.1) is 11.8 Å². The van der Waals surface area contributed by atoms with Crippen LogP contribution in [0.25, 0.3) is 0 Å². The zero-order valence-corrected chi connectivity index (χ0v) is 16.5. The quantitative estimate of drug-likeness (QED) is 0.630. The van der Waals surface area contributed by atoms with Crippen LogP contribution in [-0.4, -0.2) is 27.9 Å². The molecule has 1 N–H and O–H groups in total. The van der Waals surface area contributed by atoms with E-state index in [2.05, 4.69) is 0 Å². The molecule has 1 heterocycles. The van der Waals surface area contributed by atoms with Crippen molar-refractivity contribution < 1.29 is 14.7 Å². The number of carbonyl (C=O) groups is 2. The van der Waals surface area contributed by atoms with Gasteiger partial charge in [0.2, 0.25) is 0 Å². The van der Waals surface area contributed by atoms with E-state index in [0.29, 0.717) is 17.1 Å². The van der Waals surface area contributed by atoms with Crippen LogP contribution in [0.15, 0.2) is 84.9 Å². The summed E-state index contributed by atoms with van der Waals surface area (Å²) in [5.74, 6) is 0.236. The number of benzene rings is 3. The number of hydrazine groups is 1. The second-order valence-corrected chi connectivity index (χ2v) is 7.85. The minimum absolute atomic E-state index is 0.103. The number of thioether (sulfide) groups is 1. The number of hydrogen-bond acceptors (Lipinski definition) is 4. The van der Waals surface area contributed by atoms with Gasteiger partial charge in [0.1, 0.15) is 5.75 Å². The fourth-order valence-corrected chi connectivity index (χ4v) is 4.33. The standard InChI is InChI=1S/C23H20N2O3S/c26-20-13-11-19(12-14-20)25-23(28)21(29-16-15-17-7-3-1-4-8-17)22(27)24(25)18-9-5-2-6-10-18/h1-14,21,26H,15-16H2. The number of hydrogen-bond donors (Lipinski definition) is 1. The molecule has 3 aromatic carbocycles. The van der Waals surface area contributed by atoms with E-state index in [1.165, 1.54) is 39.5 Å². The molecule has 1 aliphatic heterocycles. The Bertz CT molecular complexity index is 994. The molecule has 6 heteroatoms. The summed E-state index contributed by atoms with van der Waals surface area (Å²) in [6, 6.07) is 25.4. The maximum atomic E-state index is 13.2. The van der Waals surface area contributed by atoms with Crippen LogP contribution in [0.5, 0.6) is 5.75 Å². The molecule has 0 radical (unpaired) electrons. The highest BCUT2D eigenvalue weighted by molar-refractivity contribution is 8.01. The van der Waals surface area contributed by atoms with Crippen LogP contribution in [0.3, 0.4) is 0 Å². The Balaban J connectivity index is 1.59. The summed E-state index contributed by atoms with van der Waals surface area (Å²) in [4.78, 5) is 26.4. The van der Waals surface area contributed by atoms with E-state index in [0.717, 1.165) is 6.42 Å². The Morgan fingerprint density at radius 2 is 1.24 bits per heavy atom. The molecule has 5 nitrogen and oxygen atoms in total. The van der Waals surface area contributed by atoms with Crippen molar-refractivity contribution in [2.24, 2.45) is 0 Å². The summed E-state index contributed by atoms with van der Waals surface area (Å²) in [6.45, 7) is 0. The first-order valence-corrected chi connectivity index (χ1v) is 10.4. The zero-order chi connectivity index (χ0) is 20.2. The van der Waals surface area contributed by atoms with Crippen LogP contribution >= 0.6 is 11.8 Å². The molecule has 146 valence electrons. The van der Waals surface area contributed by atoms with Crippen molar-refractivity contribution in [1.82, 2.24) is 0 Å². The Kier molecular flexibility index (Phi) is 5.53. The first kappa shape index (κ1) is 19.1. The third-order valence-corrected chi connectivity index (χ3v) is 5.86. The van der Waals surface area contributed by atoms with E-state index in [1.807, 2.05) is 48.5 Å². The van der Waals surface area contributed by atoms with E-state index in [-0.39, 0.29) is 17.6 Å². The number of rotatable bonds is 6. The number of phenols is 1. The molecule has 0 aromatic heterocycles. The van der Waals surface area contributed by atoms with Gasteiger partial charge in [-0.05, 0) is 54.1 Å². The lowest BCUT2D eigenvalue weighted by Gasteiger charge is -2.27. The second kappa shape index (κ2) is 8.41. The van der Waals surface area contributed by atoms with Crippen LogP contribution in [0.1, 0.15) is 5.56 Å². The van der Waals surface area contributed by atoms with Crippen molar-refractivity contribution in [2.45, 2.75) is 11.7 Å². The van der Waals surface area contributed by atoms with Crippen molar-refractivity contribution in [2.75, 3.05) is 15.8 Å². The summed E-state index contributed by atoms with van der Waals surface area (Å²) in [6.07, 6.45) is 0.785. The number of anilines is 2. The fraction of sp³-hybridized carbons (Fsp3) is 0.130. The van der Waals surface area contributed by atoms with Gasteiger partial charge in [-0.2, -0.15) is 0 Å². The highest BCUT2D eigenvalue weighted by atomic mass is 32.2. The first-order valence-electron chi connectivity index (χ1n) is 9.32. The monoisotopic (exact) mass is 404 g/mol. The van der Waals surface area contributed by atoms with Crippen molar-refractivity contribution >= 4 is 35.0 Å². The number of nitrogens with zero attached hydrogens (tertiary/aromatic N) is 2. The number of phenolic OH excluding ortho intramolecular Hbond substituents is 1. The van der Waals surface area contributed by atoms with E-state index in [9.17, 15) is 14.7 Å².